The van der Waals surface area contributed by atoms with Crippen LogP contribution in [0, 0.1) is 5.82 Å². The molecule has 0 amide bonds. The Morgan fingerprint density at radius 3 is 2.62 bits per heavy atom. The first-order valence-corrected chi connectivity index (χ1v) is 9.13. The number of benzene rings is 1. The predicted molar refractivity (Wildman–Crippen MR) is 99.3 cm³/mol. The van der Waals surface area contributed by atoms with Crippen LogP contribution in [0.5, 0.6) is 0 Å². The zero-order valence-electron chi connectivity index (χ0n) is 14.8. The fourth-order valence-electron chi connectivity index (χ4n) is 2.42. The number of Topliss-reactive ketones (excluding diaryl/α,β-unsaturated/α-hetero) is 1. The van der Waals surface area contributed by atoms with Gasteiger partial charge in [-0.3, -0.25) is 14.3 Å². The molecule has 2 heterocycles. The molecule has 0 radical (unpaired) electrons. The molecule has 0 saturated heterocycles. The van der Waals surface area contributed by atoms with Crippen LogP contribution in [0.2, 0.25) is 0 Å². The number of halogens is 1. The lowest BCUT2D eigenvalue weighted by atomic mass is 10.2. The van der Waals surface area contributed by atoms with Crippen molar-refractivity contribution < 1.29 is 9.18 Å². The van der Waals surface area contributed by atoms with Crippen LogP contribution < -0.4 is 0 Å². The largest absolute Gasteiger partial charge is 0.359 e. The third kappa shape index (κ3) is 3.86. The maximum Gasteiger partial charge on any atom is 0.196 e. The number of hydrogen-bond acceptors (Lipinski definition) is 5. The highest BCUT2D eigenvalue weighted by atomic mass is 32.2. The summed E-state index contributed by atoms with van der Waals surface area (Å²) in [6, 6.07) is 9.70. The van der Waals surface area contributed by atoms with Gasteiger partial charge in [-0.1, -0.05) is 11.8 Å². The second kappa shape index (κ2) is 7.84. The summed E-state index contributed by atoms with van der Waals surface area (Å²) in [7, 11) is 3.91. The van der Waals surface area contributed by atoms with Gasteiger partial charge in [0.05, 0.1) is 17.5 Å². The van der Waals surface area contributed by atoms with Crippen molar-refractivity contribution in [1.29, 1.82) is 0 Å². The molecule has 1 aromatic carbocycles. The molecule has 1 N–H and O–H groups in total. The van der Waals surface area contributed by atoms with E-state index in [4.69, 9.17) is 0 Å². The summed E-state index contributed by atoms with van der Waals surface area (Å²) in [6.07, 6.45) is 1.72. The average Bonchev–Trinajstić information content (AvgIpc) is 3.29. The van der Waals surface area contributed by atoms with Crippen LogP contribution in [0.4, 0.5) is 4.39 Å². The highest BCUT2D eigenvalue weighted by Crippen LogP contribution is 2.27. The predicted octanol–water partition coefficient (Wildman–Crippen LogP) is 3.33. The Balaban J connectivity index is 1.91. The van der Waals surface area contributed by atoms with E-state index < -0.39 is 0 Å². The molecular weight excluding hydrogens is 353 g/mol. The molecule has 0 aliphatic rings. The SMILES string of the molecule is C[C@@H](c1nnc(SCC(=O)c2ccc[nH]2)n1-c1ccc(F)cc1)N(C)C. The van der Waals surface area contributed by atoms with E-state index in [-0.39, 0.29) is 23.4 Å². The summed E-state index contributed by atoms with van der Waals surface area (Å²) >= 11 is 1.31. The van der Waals surface area contributed by atoms with E-state index in [1.165, 1.54) is 23.9 Å². The van der Waals surface area contributed by atoms with E-state index >= 15 is 0 Å². The van der Waals surface area contributed by atoms with Crippen molar-refractivity contribution in [3.05, 3.63) is 59.9 Å². The van der Waals surface area contributed by atoms with Crippen molar-refractivity contribution in [3.8, 4) is 5.69 Å². The lowest BCUT2D eigenvalue weighted by Gasteiger charge is -2.20. The van der Waals surface area contributed by atoms with Gasteiger partial charge >= 0.3 is 0 Å². The van der Waals surface area contributed by atoms with Crippen molar-refractivity contribution >= 4 is 17.5 Å². The molecule has 26 heavy (non-hydrogen) atoms. The van der Waals surface area contributed by atoms with Gasteiger partial charge in [0, 0.05) is 11.9 Å². The quantitative estimate of drug-likeness (QED) is 0.508. The number of carbonyl (C=O) groups excluding carboxylic acids is 1. The monoisotopic (exact) mass is 373 g/mol. The molecule has 6 nitrogen and oxygen atoms in total. The van der Waals surface area contributed by atoms with Gasteiger partial charge in [-0.2, -0.15) is 0 Å². The second-order valence-electron chi connectivity index (χ2n) is 6.09. The van der Waals surface area contributed by atoms with Crippen LogP contribution in [0.25, 0.3) is 5.69 Å². The number of nitrogens with zero attached hydrogens (tertiary/aromatic N) is 4. The first-order valence-electron chi connectivity index (χ1n) is 8.14. The summed E-state index contributed by atoms with van der Waals surface area (Å²) in [5.41, 5.74) is 1.32. The minimum absolute atomic E-state index is 0.000937. The normalized spacial score (nSPS) is 12.5. The van der Waals surface area contributed by atoms with Gasteiger partial charge in [-0.15, -0.1) is 10.2 Å². The topological polar surface area (TPSA) is 66.8 Å². The molecule has 0 saturated carbocycles. The molecule has 2 aromatic heterocycles. The molecular formula is C18H20FN5OS. The molecule has 0 unspecified atom stereocenters. The zero-order valence-corrected chi connectivity index (χ0v) is 15.6. The maximum absolute atomic E-state index is 13.3. The van der Waals surface area contributed by atoms with E-state index in [0.717, 1.165) is 11.5 Å². The van der Waals surface area contributed by atoms with Gasteiger partial charge < -0.3 is 4.98 Å². The van der Waals surface area contributed by atoms with E-state index in [1.807, 2.05) is 30.5 Å². The van der Waals surface area contributed by atoms with Crippen LogP contribution in [0.15, 0.2) is 47.8 Å². The first-order chi connectivity index (χ1) is 12.5. The van der Waals surface area contributed by atoms with Crippen molar-refractivity contribution in [1.82, 2.24) is 24.6 Å². The first kappa shape index (κ1) is 18.3. The molecule has 0 aliphatic heterocycles. The van der Waals surface area contributed by atoms with Gasteiger partial charge in [0.15, 0.2) is 16.8 Å². The smallest absolute Gasteiger partial charge is 0.196 e. The van der Waals surface area contributed by atoms with Gasteiger partial charge in [0.2, 0.25) is 0 Å². The standard InChI is InChI=1S/C18H20FN5OS/c1-12(23(2)3)17-21-22-18(24(17)14-8-6-13(19)7-9-14)26-11-16(25)15-5-4-10-20-15/h4-10,12,20H,11H2,1-3H3/t12-/m0/s1. The number of H-pyrrole nitrogens is 1. The van der Waals surface area contributed by atoms with Crippen molar-refractivity contribution in [3.63, 3.8) is 0 Å². The number of ketones is 1. The molecule has 3 rings (SSSR count). The number of rotatable bonds is 7. The summed E-state index contributed by atoms with van der Waals surface area (Å²) in [5.74, 6) is 0.642. The number of aromatic amines is 1. The van der Waals surface area contributed by atoms with Gasteiger partial charge in [0.1, 0.15) is 5.82 Å². The minimum atomic E-state index is -0.305. The van der Waals surface area contributed by atoms with E-state index in [0.29, 0.717) is 10.9 Å². The molecule has 0 bridgehead atoms. The zero-order chi connectivity index (χ0) is 18.7. The molecule has 3 aromatic rings. The Labute approximate surface area is 155 Å². The second-order valence-corrected chi connectivity index (χ2v) is 7.03. The Hall–Kier alpha value is -2.45. The van der Waals surface area contributed by atoms with Gasteiger partial charge in [0.25, 0.3) is 0 Å². The average molecular weight is 373 g/mol. The van der Waals surface area contributed by atoms with Crippen LogP contribution in [-0.4, -0.2) is 50.3 Å². The highest BCUT2D eigenvalue weighted by molar-refractivity contribution is 7.99. The third-order valence-electron chi connectivity index (χ3n) is 4.12. The van der Waals surface area contributed by atoms with Crippen LogP contribution in [0.3, 0.4) is 0 Å². The maximum atomic E-state index is 13.3. The van der Waals surface area contributed by atoms with Crippen molar-refractivity contribution in [2.24, 2.45) is 0 Å². The minimum Gasteiger partial charge on any atom is -0.359 e. The molecule has 1 atom stereocenters. The molecule has 0 aliphatic carbocycles. The summed E-state index contributed by atoms with van der Waals surface area (Å²) < 4.78 is 15.2. The summed E-state index contributed by atoms with van der Waals surface area (Å²) in [5, 5.41) is 9.18. The summed E-state index contributed by atoms with van der Waals surface area (Å²) in [6.45, 7) is 2.02. The van der Waals surface area contributed by atoms with Crippen LogP contribution in [-0.2, 0) is 0 Å². The lowest BCUT2D eigenvalue weighted by molar-refractivity contribution is 0.101. The van der Waals surface area contributed by atoms with E-state index in [9.17, 15) is 9.18 Å². The molecule has 8 heteroatoms. The molecule has 0 fully saturated rings. The molecule has 136 valence electrons. The summed E-state index contributed by atoms with van der Waals surface area (Å²) in [4.78, 5) is 17.2. The number of thioether (sulfide) groups is 1. The Morgan fingerprint density at radius 2 is 2.00 bits per heavy atom. The number of carbonyl (C=O) groups is 1. The fourth-order valence-corrected chi connectivity index (χ4v) is 3.26. The van der Waals surface area contributed by atoms with Crippen LogP contribution >= 0.6 is 11.8 Å². The van der Waals surface area contributed by atoms with E-state index in [2.05, 4.69) is 15.2 Å². The third-order valence-corrected chi connectivity index (χ3v) is 5.05. The number of hydrogen-bond donors (Lipinski definition) is 1. The number of aromatic nitrogens is 4. The Morgan fingerprint density at radius 1 is 1.27 bits per heavy atom. The Bertz CT molecular complexity index is 874. The Kier molecular flexibility index (Phi) is 5.53. The lowest BCUT2D eigenvalue weighted by Crippen LogP contribution is -2.20. The van der Waals surface area contributed by atoms with Crippen molar-refractivity contribution in [2.75, 3.05) is 19.8 Å². The van der Waals surface area contributed by atoms with Gasteiger partial charge in [-0.05, 0) is 57.4 Å². The van der Waals surface area contributed by atoms with Crippen molar-refractivity contribution in [2.45, 2.75) is 18.1 Å². The fraction of sp³-hybridized carbons (Fsp3) is 0.278. The number of nitrogens with one attached hydrogen (secondary N) is 1. The van der Waals surface area contributed by atoms with Crippen LogP contribution in [0.1, 0.15) is 29.3 Å². The highest BCUT2D eigenvalue weighted by Gasteiger charge is 2.21. The molecule has 0 spiro atoms. The van der Waals surface area contributed by atoms with E-state index in [1.54, 1.807) is 30.5 Å². The van der Waals surface area contributed by atoms with Gasteiger partial charge in [-0.25, -0.2) is 4.39 Å².